The van der Waals surface area contributed by atoms with Crippen molar-refractivity contribution in [1.82, 2.24) is 24.6 Å². The van der Waals surface area contributed by atoms with E-state index < -0.39 is 28.3 Å². The highest BCUT2D eigenvalue weighted by Crippen LogP contribution is 2.28. The fourth-order valence-corrected chi connectivity index (χ4v) is 4.88. The molecule has 0 unspecified atom stereocenters. The van der Waals surface area contributed by atoms with Crippen molar-refractivity contribution < 1.29 is 18.6 Å². The average Bonchev–Trinajstić information content (AvgIpc) is 2.97. The van der Waals surface area contributed by atoms with Crippen LogP contribution in [0, 0.1) is 11.8 Å². The summed E-state index contributed by atoms with van der Waals surface area (Å²) in [5, 5.41) is 28.6. The summed E-state index contributed by atoms with van der Waals surface area (Å²) in [5.41, 5.74) is 0.812. The second-order valence-electron chi connectivity index (χ2n) is 7.55. The molecule has 1 heterocycles. The molecule has 1 aliphatic rings. The Balaban J connectivity index is 0.00000338. The highest BCUT2D eigenvalue weighted by molar-refractivity contribution is 7.89. The Kier molecular flexibility index (Phi) is 8.43. The minimum Gasteiger partial charge on any atom is -0.390 e. The van der Waals surface area contributed by atoms with Crippen LogP contribution in [0.25, 0.3) is 0 Å². The minimum atomic E-state index is -3.49. The van der Waals surface area contributed by atoms with Crippen LogP contribution in [0.2, 0.25) is 0 Å². The number of hydrogen-bond acceptors (Lipinski definition) is 7. The zero-order valence-corrected chi connectivity index (χ0v) is 17.2. The average molecular weight is 412 g/mol. The lowest BCUT2D eigenvalue weighted by atomic mass is 10.1. The number of aromatic nitrogens is 3. The zero-order valence-electron chi connectivity index (χ0n) is 15.6. The van der Waals surface area contributed by atoms with Gasteiger partial charge < -0.3 is 15.1 Å². The minimum absolute atomic E-state index is 0. The third-order valence-electron chi connectivity index (χ3n) is 4.17. The first kappa shape index (κ1) is 23.3. The maximum atomic E-state index is 12.1. The molecule has 9 nitrogen and oxygen atoms in total. The summed E-state index contributed by atoms with van der Waals surface area (Å²) in [5.74, 6) is -0.314. The molecule has 0 saturated heterocycles. The lowest BCUT2D eigenvalue weighted by Gasteiger charge is -2.18. The molecule has 0 spiro atoms. The van der Waals surface area contributed by atoms with Crippen LogP contribution in [-0.2, 0) is 23.1 Å². The number of aliphatic hydroxyl groups excluding tert-OH is 2. The lowest BCUT2D eigenvalue weighted by molar-refractivity contribution is 0.00971. The van der Waals surface area contributed by atoms with Crippen LogP contribution in [-0.4, -0.2) is 76.6 Å². The SMILES string of the molecule is CC(C)CS(=O)(=O)N[C@@H]1C[C@H](Cn2cc(CN(C)C)nn2)[C@@H](O)[C@H]1O.Cl. The van der Waals surface area contributed by atoms with E-state index in [0.29, 0.717) is 19.5 Å². The molecule has 26 heavy (non-hydrogen) atoms. The summed E-state index contributed by atoms with van der Waals surface area (Å²) in [6.07, 6.45) is 0.0164. The van der Waals surface area contributed by atoms with Crippen LogP contribution in [0.3, 0.4) is 0 Å². The Morgan fingerprint density at radius 2 is 2.00 bits per heavy atom. The van der Waals surface area contributed by atoms with E-state index in [0.717, 1.165) is 5.69 Å². The largest absolute Gasteiger partial charge is 0.390 e. The summed E-state index contributed by atoms with van der Waals surface area (Å²) < 4.78 is 28.3. The summed E-state index contributed by atoms with van der Waals surface area (Å²) >= 11 is 0. The lowest BCUT2D eigenvalue weighted by Crippen LogP contribution is -2.44. The third kappa shape index (κ3) is 6.43. The van der Waals surface area contributed by atoms with Crippen molar-refractivity contribution in [1.29, 1.82) is 0 Å². The molecule has 1 aromatic heterocycles. The van der Waals surface area contributed by atoms with Gasteiger partial charge in [0.25, 0.3) is 0 Å². The fourth-order valence-electron chi connectivity index (χ4n) is 3.20. The van der Waals surface area contributed by atoms with Gasteiger partial charge in [-0.15, -0.1) is 17.5 Å². The quantitative estimate of drug-likeness (QED) is 0.524. The molecule has 0 aliphatic heterocycles. The second kappa shape index (κ2) is 9.43. The molecule has 3 N–H and O–H groups in total. The summed E-state index contributed by atoms with van der Waals surface area (Å²) in [7, 11) is 0.381. The van der Waals surface area contributed by atoms with E-state index in [-0.39, 0.29) is 30.0 Å². The molecule has 0 bridgehead atoms. The molecular formula is C15H30ClN5O4S. The first-order chi connectivity index (χ1) is 11.6. The molecule has 1 aliphatic carbocycles. The molecule has 4 atom stereocenters. The van der Waals surface area contributed by atoms with Gasteiger partial charge in [-0.1, -0.05) is 19.1 Å². The molecule has 0 aromatic carbocycles. The molecule has 152 valence electrons. The molecule has 0 amide bonds. The van der Waals surface area contributed by atoms with Crippen LogP contribution >= 0.6 is 12.4 Å². The Morgan fingerprint density at radius 3 is 2.58 bits per heavy atom. The standard InChI is InChI=1S/C15H29N5O4S.ClH/c1-10(2)9-25(23,24)17-13-5-11(14(21)15(13)22)6-20-8-12(16-18-20)7-19(3)4;/h8,10-11,13-15,17,21-22H,5-7,9H2,1-4H3;1H/t11-,13-,14-,15+;/m1./s1. The van der Waals surface area contributed by atoms with Crippen LogP contribution in [0.4, 0.5) is 0 Å². The number of rotatable bonds is 8. The Morgan fingerprint density at radius 1 is 1.35 bits per heavy atom. The topological polar surface area (TPSA) is 121 Å². The first-order valence-corrected chi connectivity index (χ1v) is 10.1. The Labute approximate surface area is 161 Å². The first-order valence-electron chi connectivity index (χ1n) is 8.47. The monoisotopic (exact) mass is 411 g/mol. The van der Waals surface area contributed by atoms with Gasteiger partial charge in [-0.2, -0.15) is 0 Å². The van der Waals surface area contributed by atoms with Crippen molar-refractivity contribution in [2.24, 2.45) is 11.8 Å². The maximum absolute atomic E-state index is 12.1. The molecule has 1 fully saturated rings. The third-order valence-corrected chi connectivity index (χ3v) is 5.94. The van der Waals surface area contributed by atoms with Gasteiger partial charge in [0.1, 0.15) is 0 Å². The van der Waals surface area contributed by atoms with Gasteiger partial charge in [-0.25, -0.2) is 13.1 Å². The summed E-state index contributed by atoms with van der Waals surface area (Å²) in [6, 6.07) is -0.687. The number of hydrogen-bond donors (Lipinski definition) is 3. The van der Waals surface area contributed by atoms with E-state index in [9.17, 15) is 18.6 Å². The second-order valence-corrected chi connectivity index (χ2v) is 9.34. The fraction of sp³-hybridized carbons (Fsp3) is 0.867. The molecular weight excluding hydrogens is 382 g/mol. The molecule has 2 rings (SSSR count). The predicted octanol–water partition coefficient (Wildman–Crippen LogP) is -0.553. The van der Waals surface area contributed by atoms with Gasteiger partial charge >= 0.3 is 0 Å². The highest BCUT2D eigenvalue weighted by Gasteiger charge is 2.43. The number of sulfonamides is 1. The molecule has 11 heteroatoms. The van der Waals surface area contributed by atoms with Gasteiger partial charge in [0.2, 0.25) is 10.0 Å². The van der Waals surface area contributed by atoms with Crippen molar-refractivity contribution in [2.45, 2.75) is 51.6 Å². The van der Waals surface area contributed by atoms with Crippen molar-refractivity contribution >= 4 is 22.4 Å². The van der Waals surface area contributed by atoms with Crippen LogP contribution < -0.4 is 4.72 Å². The summed E-state index contributed by atoms with van der Waals surface area (Å²) in [6.45, 7) is 4.67. The van der Waals surface area contributed by atoms with Crippen molar-refractivity contribution in [3.8, 4) is 0 Å². The molecule has 0 radical (unpaired) electrons. The van der Waals surface area contributed by atoms with Gasteiger partial charge in [-0.3, -0.25) is 4.68 Å². The van der Waals surface area contributed by atoms with E-state index in [1.165, 1.54) is 0 Å². The van der Waals surface area contributed by atoms with Crippen LogP contribution in [0.5, 0.6) is 0 Å². The number of aliphatic hydroxyl groups is 2. The van der Waals surface area contributed by atoms with Crippen LogP contribution in [0.15, 0.2) is 6.20 Å². The van der Waals surface area contributed by atoms with Gasteiger partial charge in [0.05, 0.1) is 29.7 Å². The van der Waals surface area contributed by atoms with E-state index in [4.69, 9.17) is 0 Å². The van der Waals surface area contributed by atoms with E-state index >= 15 is 0 Å². The van der Waals surface area contributed by atoms with Gasteiger partial charge in [0.15, 0.2) is 0 Å². The Bertz CT molecular complexity index is 667. The Hall–Kier alpha value is -0.780. The molecule has 1 aromatic rings. The maximum Gasteiger partial charge on any atom is 0.212 e. The zero-order chi connectivity index (χ0) is 18.8. The van der Waals surface area contributed by atoms with Crippen LogP contribution in [0.1, 0.15) is 26.0 Å². The normalized spacial score (nSPS) is 26.5. The van der Waals surface area contributed by atoms with E-state index in [1.54, 1.807) is 10.9 Å². The number of halogens is 1. The highest BCUT2D eigenvalue weighted by atomic mass is 35.5. The van der Waals surface area contributed by atoms with E-state index in [1.807, 2.05) is 32.8 Å². The number of nitrogens with zero attached hydrogens (tertiary/aromatic N) is 4. The number of nitrogens with one attached hydrogen (secondary N) is 1. The van der Waals surface area contributed by atoms with Crippen molar-refractivity contribution in [2.75, 3.05) is 19.8 Å². The smallest absolute Gasteiger partial charge is 0.212 e. The van der Waals surface area contributed by atoms with Gasteiger partial charge in [0, 0.05) is 25.2 Å². The molecule has 1 saturated carbocycles. The summed E-state index contributed by atoms with van der Waals surface area (Å²) in [4.78, 5) is 1.97. The predicted molar refractivity (Wildman–Crippen MR) is 100 cm³/mol. The van der Waals surface area contributed by atoms with Gasteiger partial charge in [-0.05, 0) is 26.4 Å². The van der Waals surface area contributed by atoms with Crippen molar-refractivity contribution in [3.05, 3.63) is 11.9 Å². The van der Waals surface area contributed by atoms with E-state index in [2.05, 4.69) is 15.0 Å². The van der Waals surface area contributed by atoms with Crippen molar-refractivity contribution in [3.63, 3.8) is 0 Å².